The first-order chi connectivity index (χ1) is 8.69. The van der Waals surface area contributed by atoms with Crippen LogP contribution in [-0.4, -0.2) is 16.0 Å². The van der Waals surface area contributed by atoms with Gasteiger partial charge in [0.2, 0.25) is 0 Å². The smallest absolute Gasteiger partial charge is 0.0603 e. The standard InChI is InChI=1S/C16H23BrO/c1-3-5-7-9-13-11-14(12-15(13)17)16(18)10-8-6-4-2/h2,5-8,13-16,18H,3,9-12H2,1H3/b7-5+,8-6+/t13-,14-,15+,16-/m1/s1. The van der Waals surface area contributed by atoms with Gasteiger partial charge in [-0.3, -0.25) is 0 Å². The summed E-state index contributed by atoms with van der Waals surface area (Å²) in [6.07, 6.45) is 18.0. The number of terminal acetylenes is 1. The molecule has 1 N–H and O–H groups in total. The summed E-state index contributed by atoms with van der Waals surface area (Å²) in [6, 6.07) is 0. The summed E-state index contributed by atoms with van der Waals surface area (Å²) in [5, 5.41) is 10.1. The van der Waals surface area contributed by atoms with Gasteiger partial charge in [-0.25, -0.2) is 0 Å². The summed E-state index contributed by atoms with van der Waals surface area (Å²) in [6.45, 7) is 2.15. The van der Waals surface area contributed by atoms with Gasteiger partial charge in [-0.2, -0.15) is 0 Å². The molecule has 0 spiro atoms. The van der Waals surface area contributed by atoms with Crippen molar-refractivity contribution in [2.24, 2.45) is 11.8 Å². The lowest BCUT2D eigenvalue weighted by Gasteiger charge is -2.16. The van der Waals surface area contributed by atoms with Crippen molar-refractivity contribution in [3.8, 4) is 12.3 Å². The Kier molecular flexibility index (Phi) is 7.39. The van der Waals surface area contributed by atoms with Crippen LogP contribution in [0.2, 0.25) is 0 Å². The van der Waals surface area contributed by atoms with Crippen LogP contribution in [0.5, 0.6) is 0 Å². The Hall–Kier alpha value is -0.520. The van der Waals surface area contributed by atoms with E-state index in [4.69, 9.17) is 6.42 Å². The molecule has 0 aromatic carbocycles. The molecule has 1 aliphatic rings. The molecule has 4 atom stereocenters. The summed E-state index contributed by atoms with van der Waals surface area (Å²) < 4.78 is 0. The maximum absolute atomic E-state index is 10.1. The first-order valence-corrected chi connectivity index (χ1v) is 7.68. The van der Waals surface area contributed by atoms with Crippen molar-refractivity contribution >= 4 is 15.9 Å². The zero-order valence-corrected chi connectivity index (χ0v) is 12.6. The number of aliphatic hydroxyl groups is 1. The van der Waals surface area contributed by atoms with Crippen LogP contribution < -0.4 is 0 Å². The van der Waals surface area contributed by atoms with Gasteiger partial charge >= 0.3 is 0 Å². The SMILES string of the molecule is C#C/C=C/C[C@@H](O)[C@@H]1C[C@@H](C/C=C/CC)[C@@H](Br)C1. The van der Waals surface area contributed by atoms with Crippen molar-refractivity contribution in [2.75, 3.05) is 0 Å². The van der Waals surface area contributed by atoms with Crippen LogP contribution in [0.15, 0.2) is 24.3 Å². The zero-order valence-electron chi connectivity index (χ0n) is 11.1. The van der Waals surface area contributed by atoms with Crippen LogP contribution in [0.3, 0.4) is 0 Å². The minimum absolute atomic E-state index is 0.255. The second-order valence-corrected chi connectivity index (χ2v) is 6.17. The van der Waals surface area contributed by atoms with E-state index in [2.05, 4.69) is 40.9 Å². The topological polar surface area (TPSA) is 20.2 Å². The number of hydrogen-bond acceptors (Lipinski definition) is 1. The Bertz CT molecular complexity index is 326. The molecule has 18 heavy (non-hydrogen) atoms. The molecule has 0 aliphatic heterocycles. The lowest BCUT2D eigenvalue weighted by atomic mass is 9.95. The highest BCUT2D eigenvalue weighted by Gasteiger charge is 2.34. The van der Waals surface area contributed by atoms with Gasteiger partial charge in [-0.05, 0) is 50.0 Å². The predicted octanol–water partition coefficient (Wildman–Crippen LogP) is 4.07. The van der Waals surface area contributed by atoms with Crippen molar-refractivity contribution in [2.45, 2.75) is 50.0 Å². The fraction of sp³-hybridized carbons (Fsp3) is 0.625. The Balaban J connectivity index is 2.40. The van der Waals surface area contributed by atoms with Crippen LogP contribution in [-0.2, 0) is 0 Å². The molecule has 0 heterocycles. The van der Waals surface area contributed by atoms with Crippen LogP contribution in [0.1, 0.15) is 39.0 Å². The average molecular weight is 311 g/mol. The highest BCUT2D eigenvalue weighted by atomic mass is 79.9. The quantitative estimate of drug-likeness (QED) is 0.445. The average Bonchev–Trinajstić information content (AvgIpc) is 2.72. The molecule has 2 heteroatoms. The minimum atomic E-state index is -0.255. The third kappa shape index (κ3) is 5.00. The van der Waals surface area contributed by atoms with E-state index in [1.807, 2.05) is 6.08 Å². The molecule has 1 aliphatic carbocycles. The van der Waals surface area contributed by atoms with Gasteiger partial charge in [-0.15, -0.1) is 6.42 Å². The molecule has 0 aromatic rings. The molecule has 1 nitrogen and oxygen atoms in total. The van der Waals surface area contributed by atoms with Gasteiger partial charge in [0.1, 0.15) is 0 Å². The Labute approximate surface area is 119 Å². The van der Waals surface area contributed by atoms with E-state index in [0.717, 1.165) is 25.7 Å². The van der Waals surface area contributed by atoms with Crippen molar-refractivity contribution in [3.63, 3.8) is 0 Å². The molecule has 0 unspecified atom stereocenters. The van der Waals surface area contributed by atoms with E-state index >= 15 is 0 Å². The van der Waals surface area contributed by atoms with E-state index in [9.17, 15) is 5.11 Å². The molecule has 0 saturated heterocycles. The third-order valence-corrected chi connectivity index (χ3v) is 4.74. The summed E-state index contributed by atoms with van der Waals surface area (Å²) in [7, 11) is 0. The number of alkyl halides is 1. The summed E-state index contributed by atoms with van der Waals surface area (Å²) >= 11 is 3.75. The fourth-order valence-corrected chi connectivity index (χ4v) is 3.49. The summed E-state index contributed by atoms with van der Waals surface area (Å²) in [4.78, 5) is 0.537. The van der Waals surface area contributed by atoms with E-state index in [0.29, 0.717) is 23.1 Å². The van der Waals surface area contributed by atoms with Crippen molar-refractivity contribution in [1.29, 1.82) is 0 Å². The molecular weight excluding hydrogens is 288 g/mol. The van der Waals surface area contributed by atoms with Crippen molar-refractivity contribution < 1.29 is 5.11 Å². The Morgan fingerprint density at radius 3 is 2.83 bits per heavy atom. The number of aliphatic hydroxyl groups excluding tert-OH is 1. The molecule has 1 fully saturated rings. The maximum Gasteiger partial charge on any atom is 0.0603 e. The summed E-state index contributed by atoms with van der Waals surface area (Å²) in [5.74, 6) is 3.51. The molecule has 1 rings (SSSR count). The van der Waals surface area contributed by atoms with Gasteiger partial charge in [0, 0.05) is 4.83 Å². The number of rotatable bonds is 6. The number of halogens is 1. The predicted molar refractivity (Wildman–Crippen MR) is 81.6 cm³/mol. The fourth-order valence-electron chi connectivity index (χ4n) is 2.58. The Morgan fingerprint density at radius 2 is 2.17 bits per heavy atom. The lowest BCUT2D eigenvalue weighted by Crippen LogP contribution is -2.17. The largest absolute Gasteiger partial charge is 0.393 e. The highest BCUT2D eigenvalue weighted by Crippen LogP contribution is 2.40. The highest BCUT2D eigenvalue weighted by molar-refractivity contribution is 9.09. The van der Waals surface area contributed by atoms with Gasteiger partial charge < -0.3 is 5.11 Å². The van der Waals surface area contributed by atoms with Crippen LogP contribution in [0, 0.1) is 24.2 Å². The molecule has 1 saturated carbocycles. The van der Waals surface area contributed by atoms with Crippen molar-refractivity contribution in [3.05, 3.63) is 24.3 Å². The van der Waals surface area contributed by atoms with Gasteiger partial charge in [0.25, 0.3) is 0 Å². The van der Waals surface area contributed by atoms with E-state index in [1.54, 1.807) is 6.08 Å². The Morgan fingerprint density at radius 1 is 1.39 bits per heavy atom. The van der Waals surface area contributed by atoms with Crippen LogP contribution in [0.25, 0.3) is 0 Å². The van der Waals surface area contributed by atoms with E-state index in [-0.39, 0.29) is 6.10 Å². The normalized spacial score (nSPS) is 30.0. The third-order valence-electron chi connectivity index (χ3n) is 3.62. The van der Waals surface area contributed by atoms with E-state index < -0.39 is 0 Å². The molecular formula is C16H23BrO. The first-order valence-electron chi connectivity index (χ1n) is 6.77. The molecule has 0 aromatic heterocycles. The van der Waals surface area contributed by atoms with Crippen molar-refractivity contribution in [1.82, 2.24) is 0 Å². The van der Waals surface area contributed by atoms with Crippen LogP contribution in [0.4, 0.5) is 0 Å². The summed E-state index contributed by atoms with van der Waals surface area (Å²) in [5.41, 5.74) is 0. The molecule has 100 valence electrons. The molecule has 0 bridgehead atoms. The second-order valence-electron chi connectivity index (χ2n) is 4.99. The first kappa shape index (κ1) is 15.5. The minimum Gasteiger partial charge on any atom is -0.393 e. The number of hydrogen-bond donors (Lipinski definition) is 1. The monoisotopic (exact) mass is 310 g/mol. The second kappa shape index (κ2) is 8.56. The lowest BCUT2D eigenvalue weighted by molar-refractivity contribution is 0.111. The van der Waals surface area contributed by atoms with E-state index in [1.165, 1.54) is 0 Å². The van der Waals surface area contributed by atoms with Gasteiger partial charge in [-0.1, -0.05) is 47.0 Å². The molecule has 0 radical (unpaired) electrons. The van der Waals surface area contributed by atoms with Gasteiger partial charge in [0.15, 0.2) is 0 Å². The number of allylic oxidation sites excluding steroid dienone is 3. The van der Waals surface area contributed by atoms with Crippen LogP contribution >= 0.6 is 15.9 Å². The van der Waals surface area contributed by atoms with Gasteiger partial charge in [0.05, 0.1) is 6.10 Å². The maximum atomic E-state index is 10.1. The zero-order chi connectivity index (χ0) is 13.4. The molecule has 0 amide bonds.